The molecule has 9 rings (SSSR count). The van der Waals surface area contributed by atoms with Gasteiger partial charge < -0.3 is 9.97 Å². The summed E-state index contributed by atoms with van der Waals surface area (Å²) in [6.45, 7) is 5.90. The number of aromatic nitrogens is 4. The lowest BCUT2D eigenvalue weighted by Gasteiger charge is -2.41. The second-order valence-corrected chi connectivity index (χ2v) is 15.5. The van der Waals surface area contributed by atoms with E-state index in [4.69, 9.17) is 0 Å². The Morgan fingerprint density at radius 3 is 1.39 bits per heavy atom. The maximum Gasteiger partial charge on any atom is 0.248 e. The number of aromatic amines is 2. The first-order valence-electron chi connectivity index (χ1n) is 20.3. The molecule has 2 aliphatic rings. The van der Waals surface area contributed by atoms with Crippen LogP contribution in [0.2, 0.25) is 0 Å². The Morgan fingerprint density at radius 2 is 0.934 bits per heavy atom. The predicted molar refractivity (Wildman–Crippen MR) is 239 cm³/mol. The number of ketones is 2. The van der Waals surface area contributed by atoms with Crippen LogP contribution in [-0.2, 0) is 36.5 Å². The number of allylic oxidation sites excluding steroid dienone is 5. The van der Waals surface area contributed by atoms with Crippen LogP contribution in [-0.4, -0.2) is 31.5 Å². The van der Waals surface area contributed by atoms with E-state index in [9.17, 15) is 19.2 Å². The monoisotopic (exact) mass is 800 g/mol. The molecule has 1 unspecified atom stereocenters. The van der Waals surface area contributed by atoms with Crippen molar-refractivity contribution in [3.05, 3.63) is 271 Å². The molecule has 3 aromatic carbocycles. The molecule has 2 N–H and O–H groups in total. The number of hydrogen-bond acceptors (Lipinski definition) is 6. The molecule has 1 atom stereocenters. The van der Waals surface area contributed by atoms with E-state index in [-0.39, 0.29) is 22.7 Å². The van der Waals surface area contributed by atoms with Gasteiger partial charge in [0.1, 0.15) is 0 Å². The molecule has 0 radical (unpaired) electrons. The number of rotatable bonds is 10. The molecule has 4 heterocycles. The van der Waals surface area contributed by atoms with E-state index in [1.807, 2.05) is 116 Å². The third kappa shape index (κ3) is 7.83. The SMILES string of the molecule is C=CC1=C(/C=C\C)C(Cc2ccncc2)(Cc2cc[nH]c(=O)c2)c2ccccc2C1=O.O=C1c2ccccc2C(Cc2ccncc2)(Cc2cc[nH]c(=O)c2)c2ccccc21. The summed E-state index contributed by atoms with van der Waals surface area (Å²) in [5.41, 5.74) is 9.45. The maximum absolute atomic E-state index is 13.4. The van der Waals surface area contributed by atoms with E-state index in [0.29, 0.717) is 36.8 Å². The molecule has 61 heavy (non-hydrogen) atoms. The predicted octanol–water partition coefficient (Wildman–Crippen LogP) is 8.83. The molecule has 8 nitrogen and oxygen atoms in total. The molecule has 8 heteroatoms. The lowest BCUT2D eigenvalue weighted by atomic mass is 9.60. The van der Waals surface area contributed by atoms with Gasteiger partial charge in [0.05, 0.1) is 0 Å². The van der Waals surface area contributed by atoms with Gasteiger partial charge in [-0.25, -0.2) is 0 Å². The fourth-order valence-corrected chi connectivity index (χ4v) is 9.35. The van der Waals surface area contributed by atoms with Crippen LogP contribution in [0.4, 0.5) is 0 Å². The normalized spacial score (nSPS) is 16.2. The summed E-state index contributed by atoms with van der Waals surface area (Å²) >= 11 is 0. The van der Waals surface area contributed by atoms with Gasteiger partial charge in [-0.1, -0.05) is 97.6 Å². The first-order valence-corrected chi connectivity index (χ1v) is 20.3. The van der Waals surface area contributed by atoms with Gasteiger partial charge in [0.25, 0.3) is 0 Å². The van der Waals surface area contributed by atoms with Crippen molar-refractivity contribution < 1.29 is 9.59 Å². The van der Waals surface area contributed by atoms with Crippen LogP contribution in [0.5, 0.6) is 0 Å². The fourth-order valence-electron chi connectivity index (χ4n) is 9.35. The van der Waals surface area contributed by atoms with Crippen molar-refractivity contribution in [1.29, 1.82) is 0 Å². The number of carbonyl (C=O) groups excluding carboxylic acids is 2. The van der Waals surface area contributed by atoms with Crippen LogP contribution >= 0.6 is 0 Å². The van der Waals surface area contributed by atoms with E-state index < -0.39 is 10.8 Å². The van der Waals surface area contributed by atoms with Crippen molar-refractivity contribution in [2.45, 2.75) is 43.4 Å². The van der Waals surface area contributed by atoms with Crippen LogP contribution < -0.4 is 11.1 Å². The van der Waals surface area contributed by atoms with Gasteiger partial charge >= 0.3 is 0 Å². The molecule has 0 bridgehead atoms. The summed E-state index contributed by atoms with van der Waals surface area (Å²) in [6, 6.07) is 38.7. The Labute approximate surface area is 354 Å². The summed E-state index contributed by atoms with van der Waals surface area (Å²) in [5.74, 6) is 0.0347. The van der Waals surface area contributed by atoms with Crippen molar-refractivity contribution in [3.8, 4) is 0 Å². The maximum atomic E-state index is 13.4. The summed E-state index contributed by atoms with van der Waals surface area (Å²) in [5, 5.41) is 0. The van der Waals surface area contributed by atoms with Gasteiger partial charge in [-0.05, 0) is 114 Å². The standard InChI is InChI=1S/C27H24N2O2.C26H20N2O2/c1-3-7-23-21(4-2)26(31)22-8-5-6-9-24(22)27(23,17-19-10-13-28-14-11-19)18-20-12-15-29-25(30)16-20;29-24-15-19(11-14-28-24)17-26(16-18-9-12-27-13-10-18)22-7-3-1-5-20(22)25(30)21-6-2-4-8-23(21)26/h3-16H,2,17-18H2,1H3,(H,29,30);1-15H,16-17H2,(H,28,29)/b7-3-;. The van der Waals surface area contributed by atoms with Crippen molar-refractivity contribution in [1.82, 2.24) is 19.9 Å². The molecular formula is C53H44N4O4. The van der Waals surface area contributed by atoms with Crippen LogP contribution in [0.25, 0.3) is 0 Å². The quantitative estimate of drug-likeness (QED) is 0.143. The topological polar surface area (TPSA) is 126 Å². The Morgan fingerprint density at radius 1 is 0.525 bits per heavy atom. The molecule has 0 aliphatic heterocycles. The van der Waals surface area contributed by atoms with Crippen LogP contribution in [0.3, 0.4) is 0 Å². The van der Waals surface area contributed by atoms with Crippen LogP contribution in [0.15, 0.2) is 204 Å². The van der Waals surface area contributed by atoms with E-state index >= 15 is 0 Å². The van der Waals surface area contributed by atoms with Gasteiger partial charge in [-0.3, -0.25) is 29.1 Å². The first kappa shape index (κ1) is 40.2. The van der Waals surface area contributed by atoms with Crippen LogP contribution in [0.1, 0.15) is 72.1 Å². The number of hydrogen-bond donors (Lipinski definition) is 2. The van der Waals surface area contributed by atoms with Gasteiger partial charge in [0, 0.05) is 82.4 Å². The van der Waals surface area contributed by atoms with Crippen molar-refractivity contribution >= 4 is 11.6 Å². The number of fused-ring (bicyclic) bond motifs is 3. The molecule has 4 aromatic heterocycles. The summed E-state index contributed by atoms with van der Waals surface area (Å²) < 4.78 is 0. The number of nitrogens with zero attached hydrogens (tertiary/aromatic N) is 2. The number of benzene rings is 3. The molecule has 0 saturated carbocycles. The third-order valence-electron chi connectivity index (χ3n) is 11.9. The molecule has 300 valence electrons. The molecule has 7 aromatic rings. The first-order chi connectivity index (χ1) is 29.8. The summed E-state index contributed by atoms with van der Waals surface area (Å²) in [6.07, 6.45) is 18.7. The largest absolute Gasteiger partial charge is 0.329 e. The highest BCUT2D eigenvalue weighted by Crippen LogP contribution is 2.48. The van der Waals surface area contributed by atoms with Gasteiger partial charge in [0.15, 0.2) is 11.6 Å². The highest BCUT2D eigenvalue weighted by atomic mass is 16.1. The van der Waals surface area contributed by atoms with E-state index in [1.165, 1.54) is 0 Å². The smallest absolute Gasteiger partial charge is 0.248 e. The number of carbonyl (C=O) groups is 2. The van der Waals surface area contributed by atoms with Crippen molar-refractivity contribution in [3.63, 3.8) is 0 Å². The molecule has 0 saturated heterocycles. The van der Waals surface area contributed by atoms with Gasteiger partial charge in [0.2, 0.25) is 11.1 Å². The van der Waals surface area contributed by atoms with Crippen molar-refractivity contribution in [2.75, 3.05) is 0 Å². The minimum absolute atomic E-state index is 0.0186. The molecule has 0 fully saturated rings. The number of Topliss-reactive ketones (excluding diaryl/α,β-unsaturated/α-hetero) is 1. The minimum atomic E-state index is -0.546. The van der Waals surface area contributed by atoms with Crippen molar-refractivity contribution in [2.24, 2.45) is 0 Å². The third-order valence-corrected chi connectivity index (χ3v) is 11.9. The van der Waals surface area contributed by atoms with Crippen LogP contribution in [0, 0.1) is 0 Å². The average Bonchev–Trinajstić information content (AvgIpc) is 3.28. The zero-order chi connectivity index (χ0) is 42.4. The van der Waals surface area contributed by atoms with Gasteiger partial charge in [-0.15, -0.1) is 0 Å². The molecular weight excluding hydrogens is 757 g/mol. The Balaban J connectivity index is 0.000000168. The molecule has 2 aliphatic carbocycles. The average molecular weight is 801 g/mol. The number of pyridine rings is 4. The van der Waals surface area contributed by atoms with E-state index in [1.54, 1.807) is 55.4 Å². The lowest BCUT2D eigenvalue weighted by molar-refractivity contribution is 0.102. The molecule has 0 amide bonds. The summed E-state index contributed by atoms with van der Waals surface area (Å²) in [4.78, 5) is 64.4. The Bertz CT molecular complexity index is 2900. The second kappa shape index (κ2) is 17.3. The zero-order valence-corrected chi connectivity index (χ0v) is 33.8. The zero-order valence-electron chi connectivity index (χ0n) is 33.8. The Kier molecular flexibility index (Phi) is 11.4. The molecule has 0 spiro atoms. The summed E-state index contributed by atoms with van der Waals surface area (Å²) in [7, 11) is 0. The highest BCUT2D eigenvalue weighted by molar-refractivity contribution is 6.14. The Hall–Kier alpha value is -7.58. The number of nitrogens with one attached hydrogen (secondary N) is 2. The van der Waals surface area contributed by atoms with E-state index in [0.717, 1.165) is 55.6 Å². The van der Waals surface area contributed by atoms with Gasteiger partial charge in [-0.2, -0.15) is 0 Å². The highest BCUT2D eigenvalue weighted by Gasteiger charge is 2.45. The lowest BCUT2D eigenvalue weighted by Crippen LogP contribution is -2.40. The number of H-pyrrole nitrogens is 2. The fraction of sp³-hybridized carbons (Fsp3) is 0.132. The minimum Gasteiger partial charge on any atom is -0.329 e. The second-order valence-electron chi connectivity index (χ2n) is 15.5. The van der Waals surface area contributed by atoms with E-state index in [2.05, 4.69) is 38.6 Å².